The summed E-state index contributed by atoms with van der Waals surface area (Å²) in [5.41, 5.74) is 0.418. The molecule has 142 valence electrons. The van der Waals surface area contributed by atoms with E-state index in [-0.39, 0.29) is 11.7 Å². The van der Waals surface area contributed by atoms with E-state index in [1.165, 1.54) is 11.9 Å². The van der Waals surface area contributed by atoms with Crippen molar-refractivity contribution < 1.29 is 19.0 Å². The van der Waals surface area contributed by atoms with Crippen molar-refractivity contribution in [2.24, 2.45) is 4.99 Å². The molecule has 3 rings (SSSR count). The molecular weight excluding hydrogens is 413 g/mol. The summed E-state index contributed by atoms with van der Waals surface area (Å²) in [6.07, 6.45) is 0. The van der Waals surface area contributed by atoms with Crippen molar-refractivity contribution in [1.82, 2.24) is 9.80 Å². The van der Waals surface area contributed by atoms with E-state index >= 15 is 0 Å². The van der Waals surface area contributed by atoms with E-state index in [4.69, 9.17) is 23.2 Å². The van der Waals surface area contributed by atoms with Gasteiger partial charge in [-0.1, -0.05) is 23.2 Å². The minimum absolute atomic E-state index is 0.0493. The Balaban J connectivity index is 1.70. The fourth-order valence-corrected chi connectivity index (χ4v) is 3.89. The zero-order chi connectivity index (χ0) is 19.9. The van der Waals surface area contributed by atoms with E-state index in [2.05, 4.69) is 10.3 Å². The van der Waals surface area contributed by atoms with Gasteiger partial charge in [-0.05, 0) is 30.0 Å². The highest BCUT2D eigenvalue weighted by Crippen LogP contribution is 2.26. The Morgan fingerprint density at radius 2 is 2.00 bits per heavy atom. The van der Waals surface area contributed by atoms with Gasteiger partial charge in [0.15, 0.2) is 0 Å². The van der Waals surface area contributed by atoms with Gasteiger partial charge in [-0.25, -0.2) is 14.3 Å². The van der Waals surface area contributed by atoms with Crippen LogP contribution in [0.2, 0.25) is 10.0 Å². The standard InChI is InChI=1S/C16H15Cl2N5O3S/c1-21-13-12(14(25)23(3)16(26)22(13)2)20-15(21)27-7-11(24)19-10-6-8(17)4-5-9(10)18/h4-6,12H,7H2,1-3H3/p+1. The number of anilines is 1. The smallest absolute Gasteiger partial charge is 0.324 e. The molecule has 1 unspecified atom stereocenters. The highest BCUT2D eigenvalue weighted by molar-refractivity contribution is 8.14. The first-order valence-corrected chi connectivity index (χ1v) is 9.56. The molecule has 1 atom stereocenters. The predicted octanol–water partition coefficient (Wildman–Crippen LogP) is 1.97. The summed E-state index contributed by atoms with van der Waals surface area (Å²) >= 11 is 13.1. The molecule has 0 aromatic heterocycles. The number of nitrogens with one attached hydrogen (secondary N) is 1. The molecule has 0 aliphatic carbocycles. The molecule has 1 saturated heterocycles. The number of hydrogen-bond acceptors (Lipinski definition) is 5. The maximum atomic E-state index is 12.3. The molecule has 1 aromatic carbocycles. The Morgan fingerprint density at radius 1 is 1.30 bits per heavy atom. The fourth-order valence-electron chi connectivity index (χ4n) is 2.75. The summed E-state index contributed by atoms with van der Waals surface area (Å²) in [4.78, 5) is 43.4. The number of hydrogen-bond donors (Lipinski definition) is 1. The second-order valence-electron chi connectivity index (χ2n) is 5.93. The molecule has 2 aliphatic rings. The first-order valence-electron chi connectivity index (χ1n) is 7.82. The van der Waals surface area contributed by atoms with E-state index in [9.17, 15) is 14.4 Å². The third kappa shape index (κ3) is 3.67. The average Bonchev–Trinajstić information content (AvgIpc) is 2.96. The highest BCUT2D eigenvalue weighted by Gasteiger charge is 2.51. The van der Waals surface area contributed by atoms with Crippen LogP contribution in [0.3, 0.4) is 0 Å². The number of aliphatic imine (C=N–C) groups is 1. The number of carbonyl (C=O) groups excluding carboxylic acids is 3. The third-order valence-electron chi connectivity index (χ3n) is 4.13. The third-order valence-corrected chi connectivity index (χ3v) is 5.74. The zero-order valence-corrected chi connectivity index (χ0v) is 17.0. The van der Waals surface area contributed by atoms with Gasteiger partial charge in [-0.3, -0.25) is 14.5 Å². The lowest BCUT2D eigenvalue weighted by molar-refractivity contribution is -0.367. The summed E-state index contributed by atoms with van der Waals surface area (Å²) in [6, 6.07) is 3.58. The van der Waals surface area contributed by atoms with Crippen LogP contribution in [0.1, 0.15) is 0 Å². The summed E-state index contributed by atoms with van der Waals surface area (Å²) in [6.45, 7) is 0. The number of amidine groups is 2. The van der Waals surface area contributed by atoms with Gasteiger partial charge in [-0.2, -0.15) is 0 Å². The van der Waals surface area contributed by atoms with E-state index in [1.54, 1.807) is 36.9 Å². The van der Waals surface area contributed by atoms with Crippen LogP contribution < -0.4 is 5.32 Å². The zero-order valence-electron chi connectivity index (χ0n) is 14.7. The quantitative estimate of drug-likeness (QED) is 0.745. The molecule has 2 aliphatic heterocycles. The van der Waals surface area contributed by atoms with Crippen molar-refractivity contribution in [3.05, 3.63) is 28.2 Å². The van der Waals surface area contributed by atoms with Crippen molar-refractivity contribution in [3.63, 3.8) is 0 Å². The summed E-state index contributed by atoms with van der Waals surface area (Å²) < 4.78 is 1.65. The molecule has 4 amide bonds. The fraction of sp³-hybridized carbons (Fsp3) is 0.312. The molecule has 1 fully saturated rings. The van der Waals surface area contributed by atoms with Crippen molar-refractivity contribution >= 4 is 69.5 Å². The average molecular weight is 429 g/mol. The Labute approximate surface area is 169 Å². The second-order valence-corrected chi connectivity index (χ2v) is 7.72. The minimum Gasteiger partial charge on any atom is -0.324 e. The maximum absolute atomic E-state index is 12.3. The van der Waals surface area contributed by atoms with Crippen LogP contribution in [0, 0.1) is 0 Å². The van der Waals surface area contributed by atoms with E-state index in [0.717, 1.165) is 16.7 Å². The second kappa shape index (κ2) is 7.49. The molecule has 1 N–H and O–H groups in total. The van der Waals surface area contributed by atoms with Gasteiger partial charge in [0.25, 0.3) is 23.0 Å². The summed E-state index contributed by atoms with van der Waals surface area (Å²) in [7, 11) is 4.71. The van der Waals surface area contributed by atoms with Crippen molar-refractivity contribution in [1.29, 1.82) is 0 Å². The molecular formula is C16H16Cl2N5O3S+. The first kappa shape index (κ1) is 19.7. The van der Waals surface area contributed by atoms with Crippen LogP contribution >= 0.6 is 35.0 Å². The van der Waals surface area contributed by atoms with E-state index < -0.39 is 18.0 Å². The molecule has 11 heteroatoms. The number of fused-ring (bicyclic) bond motifs is 1. The summed E-state index contributed by atoms with van der Waals surface area (Å²) in [5.74, 6) is -0.170. The number of urea groups is 1. The molecule has 1 aromatic rings. The minimum atomic E-state index is -0.782. The van der Waals surface area contributed by atoms with Gasteiger partial charge in [0.1, 0.15) is 0 Å². The number of nitrogens with zero attached hydrogens (tertiary/aromatic N) is 4. The number of amides is 4. The Kier molecular flexibility index (Phi) is 5.45. The van der Waals surface area contributed by atoms with Gasteiger partial charge in [0.05, 0.1) is 30.6 Å². The Morgan fingerprint density at radius 3 is 2.70 bits per heavy atom. The van der Waals surface area contributed by atoms with Crippen LogP contribution in [0.5, 0.6) is 0 Å². The van der Waals surface area contributed by atoms with Crippen molar-refractivity contribution in [2.45, 2.75) is 6.04 Å². The van der Waals surface area contributed by atoms with Crippen LogP contribution in [0.4, 0.5) is 10.5 Å². The topological polar surface area (TPSA) is 85.1 Å². The molecule has 0 bridgehead atoms. The van der Waals surface area contributed by atoms with Crippen molar-refractivity contribution in [3.8, 4) is 0 Å². The monoisotopic (exact) mass is 428 g/mol. The lowest BCUT2D eigenvalue weighted by Gasteiger charge is -2.27. The first-order chi connectivity index (χ1) is 12.7. The van der Waals surface area contributed by atoms with Gasteiger partial charge in [0.2, 0.25) is 5.91 Å². The predicted molar refractivity (Wildman–Crippen MR) is 106 cm³/mol. The number of halogens is 2. The van der Waals surface area contributed by atoms with E-state index in [1.807, 2.05) is 0 Å². The van der Waals surface area contributed by atoms with Crippen LogP contribution in [0.15, 0.2) is 23.2 Å². The van der Waals surface area contributed by atoms with Gasteiger partial charge < -0.3 is 5.32 Å². The van der Waals surface area contributed by atoms with Gasteiger partial charge in [0, 0.05) is 12.1 Å². The summed E-state index contributed by atoms with van der Waals surface area (Å²) in [5, 5.41) is 4.00. The normalized spacial score (nSPS) is 19.4. The van der Waals surface area contributed by atoms with Crippen LogP contribution in [0.25, 0.3) is 0 Å². The number of carbonyl (C=O) groups is 3. The van der Waals surface area contributed by atoms with E-state index in [0.29, 0.717) is 26.7 Å². The molecule has 0 radical (unpaired) electrons. The Bertz CT molecular complexity index is 917. The molecule has 0 spiro atoms. The number of likely N-dealkylation sites (N-methyl/N-ethyl adjacent to an activating group) is 2. The molecule has 8 nitrogen and oxygen atoms in total. The lowest BCUT2D eigenvalue weighted by atomic mass is 10.2. The highest BCUT2D eigenvalue weighted by atomic mass is 35.5. The largest absolute Gasteiger partial charge is 0.388 e. The number of thioether (sulfide) groups is 1. The molecule has 2 heterocycles. The van der Waals surface area contributed by atoms with Gasteiger partial charge in [-0.15, -0.1) is 4.99 Å². The Hall–Kier alpha value is -2.10. The van der Waals surface area contributed by atoms with Crippen molar-refractivity contribution in [2.75, 3.05) is 32.2 Å². The number of imide groups is 1. The number of benzene rings is 1. The molecule has 27 heavy (non-hydrogen) atoms. The van der Waals surface area contributed by atoms with Crippen LogP contribution in [-0.2, 0) is 9.59 Å². The molecule has 0 saturated carbocycles. The lowest BCUT2D eigenvalue weighted by Crippen LogP contribution is -2.59. The maximum Gasteiger partial charge on any atom is 0.388 e. The SMILES string of the molecule is CN1C(=O)C2N=C(SCC(=O)Nc3cc(Cl)ccc3Cl)[N+](C)=C2N(C)C1=O. The van der Waals surface area contributed by atoms with Crippen LogP contribution in [-0.4, -0.2) is 76.2 Å². The number of rotatable bonds is 3. The van der Waals surface area contributed by atoms with Gasteiger partial charge >= 0.3 is 6.03 Å².